The molecule has 0 aromatic heterocycles. The minimum atomic E-state index is -1.00. The average molecular weight is 216 g/mol. The van der Waals surface area contributed by atoms with Gasteiger partial charge in [0.25, 0.3) is 0 Å². The van der Waals surface area contributed by atoms with Crippen molar-refractivity contribution in [3.63, 3.8) is 0 Å². The zero-order chi connectivity index (χ0) is 9.56. The van der Waals surface area contributed by atoms with Gasteiger partial charge in [-0.2, -0.15) is 0 Å². The number of aliphatic imine (C=N–C) groups is 1. The van der Waals surface area contributed by atoms with Gasteiger partial charge in [-0.3, -0.25) is 9.79 Å². The molecule has 78 valence electrons. The molecule has 0 fully saturated rings. The number of guanidine groups is 1. The summed E-state index contributed by atoms with van der Waals surface area (Å²) in [5.41, 5.74) is 15.3. The molecule has 0 saturated heterocycles. The molecule has 0 aliphatic rings. The molecule has 0 bridgehead atoms. The van der Waals surface area contributed by atoms with Gasteiger partial charge in [0.15, 0.2) is 5.96 Å². The number of nitrogens with zero attached hydrogens (tertiary/aromatic N) is 1. The maximum Gasteiger partial charge on any atom is 1.00 e. The van der Waals surface area contributed by atoms with Crippen molar-refractivity contribution in [3.8, 4) is 0 Å². The van der Waals surface area contributed by atoms with Crippen LogP contribution < -0.4 is 51.5 Å². The van der Waals surface area contributed by atoms with Crippen LogP contribution in [0.5, 0.6) is 0 Å². The third-order valence-corrected chi connectivity index (χ3v) is 1.28. The Kier molecular flexibility index (Phi) is 14.7. The Morgan fingerprint density at radius 3 is 2.29 bits per heavy atom. The fraction of sp³-hybridized carbons (Fsp3) is 0.667. The van der Waals surface area contributed by atoms with Gasteiger partial charge in [0.2, 0.25) is 0 Å². The molecule has 0 spiro atoms. The second kappa shape index (κ2) is 10.7. The van der Waals surface area contributed by atoms with Gasteiger partial charge in [0, 0.05) is 6.54 Å². The Labute approximate surface area is 104 Å². The van der Waals surface area contributed by atoms with E-state index in [4.69, 9.17) is 22.3 Å². The van der Waals surface area contributed by atoms with Crippen LogP contribution >= 0.6 is 0 Å². The molecule has 7 N–H and O–H groups in total. The fourth-order valence-electron chi connectivity index (χ4n) is 0.643. The van der Waals surface area contributed by atoms with Crippen LogP contribution in [-0.2, 0) is 4.79 Å². The van der Waals surface area contributed by atoms with Crippen LogP contribution in [0.3, 0.4) is 0 Å². The first-order chi connectivity index (χ1) is 5.54. The van der Waals surface area contributed by atoms with Crippen LogP contribution in [0.4, 0.5) is 0 Å². The molecule has 0 heterocycles. The van der Waals surface area contributed by atoms with Crippen molar-refractivity contribution in [1.29, 1.82) is 0 Å². The predicted molar refractivity (Wildman–Crippen MR) is 45.5 cm³/mol. The topological polar surface area (TPSA) is 128 Å². The average Bonchev–Trinajstić information content (AvgIpc) is 1.97. The van der Waals surface area contributed by atoms with Crippen LogP contribution in [0.15, 0.2) is 4.99 Å². The van der Waals surface area contributed by atoms with Crippen molar-refractivity contribution in [1.82, 2.24) is 0 Å². The van der Waals surface area contributed by atoms with Crippen molar-refractivity contribution < 1.29 is 44.2 Å². The van der Waals surface area contributed by atoms with Gasteiger partial charge in [-0.1, -0.05) is 0 Å². The van der Waals surface area contributed by atoms with Crippen molar-refractivity contribution in [3.05, 3.63) is 0 Å². The van der Waals surface area contributed by atoms with E-state index in [9.17, 15) is 4.79 Å². The monoisotopic (exact) mass is 216 g/mol. The van der Waals surface area contributed by atoms with E-state index < -0.39 is 12.0 Å². The van der Waals surface area contributed by atoms with Gasteiger partial charge >= 0.3 is 35.5 Å². The number of hydrogen-bond acceptors (Lipinski definition) is 3. The summed E-state index contributed by atoms with van der Waals surface area (Å²) in [6.45, 7) is 0.420. The SMILES string of the molecule is NC(N)=NCCC[C@H](N)C(=O)O.[F-].[Na+]. The molecule has 6 nitrogen and oxygen atoms in total. The summed E-state index contributed by atoms with van der Waals surface area (Å²) in [5.74, 6) is -0.987. The molecule has 0 aliphatic carbocycles. The van der Waals surface area contributed by atoms with Crippen molar-refractivity contribution in [2.75, 3.05) is 6.54 Å². The van der Waals surface area contributed by atoms with Crippen LogP contribution in [0, 0.1) is 0 Å². The second-order valence-electron chi connectivity index (χ2n) is 2.39. The van der Waals surface area contributed by atoms with Gasteiger partial charge < -0.3 is 27.0 Å². The van der Waals surface area contributed by atoms with Crippen LogP contribution in [0.25, 0.3) is 0 Å². The fourth-order valence-corrected chi connectivity index (χ4v) is 0.643. The van der Waals surface area contributed by atoms with Crippen LogP contribution in [0.1, 0.15) is 12.8 Å². The van der Waals surface area contributed by atoms with Gasteiger partial charge in [0.05, 0.1) is 0 Å². The number of rotatable bonds is 5. The maximum absolute atomic E-state index is 10.2. The first-order valence-corrected chi connectivity index (χ1v) is 3.58. The summed E-state index contributed by atoms with van der Waals surface area (Å²) in [6, 6.07) is -0.820. The number of carbonyl (C=O) groups is 1. The zero-order valence-corrected chi connectivity index (χ0v) is 10.1. The predicted octanol–water partition coefficient (Wildman–Crippen LogP) is -7.54. The summed E-state index contributed by atoms with van der Waals surface area (Å²) in [4.78, 5) is 13.9. The Bertz CT molecular complexity index is 187. The summed E-state index contributed by atoms with van der Waals surface area (Å²) in [6.07, 6.45) is 0.956. The third kappa shape index (κ3) is 11.6. The third-order valence-electron chi connectivity index (χ3n) is 1.28. The van der Waals surface area contributed by atoms with Gasteiger partial charge in [-0.15, -0.1) is 0 Å². The van der Waals surface area contributed by atoms with E-state index in [0.29, 0.717) is 19.4 Å². The normalized spacial score (nSPS) is 10.4. The van der Waals surface area contributed by atoms with Crippen LogP contribution in [-0.4, -0.2) is 29.6 Å². The number of nitrogens with two attached hydrogens (primary N) is 3. The molecule has 0 rings (SSSR count). The number of carboxylic acids is 1. The molecular weight excluding hydrogens is 202 g/mol. The molecule has 0 saturated carbocycles. The van der Waals surface area contributed by atoms with Gasteiger partial charge in [-0.25, -0.2) is 0 Å². The van der Waals surface area contributed by atoms with E-state index in [1.54, 1.807) is 0 Å². The molecule has 0 amide bonds. The molecular formula is C6H14FN4NaO2. The van der Waals surface area contributed by atoms with Crippen molar-refractivity contribution >= 4 is 11.9 Å². The second-order valence-corrected chi connectivity index (χ2v) is 2.39. The van der Waals surface area contributed by atoms with E-state index in [1.165, 1.54) is 0 Å². The molecule has 0 aliphatic heterocycles. The quantitative estimate of drug-likeness (QED) is 0.157. The Morgan fingerprint density at radius 1 is 1.43 bits per heavy atom. The summed E-state index contributed by atoms with van der Waals surface area (Å²) in [5, 5.41) is 8.38. The van der Waals surface area contributed by atoms with E-state index in [-0.39, 0.29) is 40.2 Å². The van der Waals surface area contributed by atoms with E-state index in [0.717, 1.165) is 0 Å². The molecule has 0 radical (unpaired) electrons. The first kappa shape index (κ1) is 19.2. The standard InChI is InChI=1S/C6H14N4O2.FH.Na/c7-4(5(11)12)2-1-3-10-6(8)9;;/h4H,1-3,7H2,(H,11,12)(H4,8,9,10);1H;/q;;+1/p-1/t4-;;/m0../s1. The summed E-state index contributed by atoms with van der Waals surface area (Å²) < 4.78 is 0. The zero-order valence-electron chi connectivity index (χ0n) is 8.11. The molecule has 0 aromatic rings. The molecule has 1 atom stereocenters. The minimum Gasteiger partial charge on any atom is -1.00 e. The Hall–Kier alpha value is -0.370. The van der Waals surface area contributed by atoms with E-state index in [1.807, 2.05) is 0 Å². The molecule has 14 heavy (non-hydrogen) atoms. The number of carboxylic acid groups (broad SMARTS) is 1. The Balaban J connectivity index is -0.000000605. The Morgan fingerprint density at radius 2 is 1.93 bits per heavy atom. The molecule has 0 aromatic carbocycles. The number of hydrogen-bond donors (Lipinski definition) is 4. The number of halogens is 1. The van der Waals surface area contributed by atoms with E-state index in [2.05, 4.69) is 4.99 Å². The first-order valence-electron chi connectivity index (χ1n) is 3.58. The minimum absolute atomic E-state index is 0. The van der Waals surface area contributed by atoms with E-state index >= 15 is 0 Å². The van der Waals surface area contributed by atoms with Gasteiger partial charge in [0.1, 0.15) is 6.04 Å². The maximum atomic E-state index is 10.2. The van der Waals surface area contributed by atoms with Gasteiger partial charge in [-0.05, 0) is 12.8 Å². The summed E-state index contributed by atoms with van der Waals surface area (Å²) in [7, 11) is 0. The molecule has 0 unspecified atom stereocenters. The van der Waals surface area contributed by atoms with Crippen molar-refractivity contribution in [2.45, 2.75) is 18.9 Å². The van der Waals surface area contributed by atoms with Crippen molar-refractivity contribution in [2.24, 2.45) is 22.2 Å². The van der Waals surface area contributed by atoms with Crippen LogP contribution in [0.2, 0.25) is 0 Å². The smallest absolute Gasteiger partial charge is 1.00 e. The summed E-state index contributed by atoms with van der Waals surface area (Å²) >= 11 is 0. The molecule has 8 heteroatoms. The number of aliphatic carboxylic acids is 1. The largest absolute Gasteiger partial charge is 1.00 e.